The Hall–Kier alpha value is -1.73. The van der Waals surface area contributed by atoms with E-state index < -0.39 is 10.5 Å². The number of anilines is 1. The van der Waals surface area contributed by atoms with E-state index in [0.717, 1.165) is 0 Å². The van der Waals surface area contributed by atoms with Crippen LogP contribution in [0, 0.1) is 10.1 Å². The first kappa shape index (κ1) is 13.3. The molecule has 1 heterocycles. The number of nitro groups is 1. The van der Waals surface area contributed by atoms with E-state index in [1.165, 1.54) is 12.3 Å². The Balaban J connectivity index is 3.05. The first-order valence-corrected chi connectivity index (χ1v) is 5.18. The summed E-state index contributed by atoms with van der Waals surface area (Å²) in [6, 6.07) is 3.03. The van der Waals surface area contributed by atoms with E-state index in [4.69, 9.17) is 0 Å². The Labute approximate surface area is 98.3 Å². The molecule has 0 saturated heterocycles. The molecule has 0 radical (unpaired) electrons. The molecule has 7 nitrogen and oxygen atoms in total. The van der Waals surface area contributed by atoms with Crippen LogP contribution in [0.25, 0.3) is 0 Å². The van der Waals surface area contributed by atoms with Gasteiger partial charge in [0.1, 0.15) is 11.9 Å². The summed E-state index contributed by atoms with van der Waals surface area (Å²) >= 11 is 0. The van der Waals surface area contributed by atoms with Gasteiger partial charge in [-0.3, -0.25) is 0 Å². The first-order valence-electron chi connectivity index (χ1n) is 5.18. The van der Waals surface area contributed by atoms with Gasteiger partial charge < -0.3 is 25.6 Å². The van der Waals surface area contributed by atoms with Crippen molar-refractivity contribution in [1.29, 1.82) is 0 Å². The Bertz CT molecular complexity index is 385. The fourth-order valence-electron chi connectivity index (χ4n) is 1.37. The second-order valence-corrected chi connectivity index (χ2v) is 3.71. The second kappa shape index (κ2) is 5.55. The number of nitrogens with one attached hydrogen (secondary N) is 1. The minimum Gasteiger partial charge on any atom is -0.394 e. The maximum absolute atomic E-state index is 10.8. The minimum absolute atomic E-state index is 0.183. The van der Waals surface area contributed by atoms with Crippen LogP contribution in [-0.4, -0.2) is 38.9 Å². The van der Waals surface area contributed by atoms with Crippen LogP contribution in [0.3, 0.4) is 0 Å². The van der Waals surface area contributed by atoms with Crippen LogP contribution in [0.1, 0.15) is 13.3 Å². The zero-order valence-corrected chi connectivity index (χ0v) is 9.46. The van der Waals surface area contributed by atoms with Gasteiger partial charge in [-0.2, -0.15) is 0 Å². The highest BCUT2D eigenvalue weighted by Gasteiger charge is 2.29. The van der Waals surface area contributed by atoms with Crippen LogP contribution < -0.4 is 5.32 Å². The van der Waals surface area contributed by atoms with Crippen molar-refractivity contribution in [1.82, 2.24) is 4.98 Å². The van der Waals surface area contributed by atoms with E-state index in [-0.39, 0.29) is 24.7 Å². The second-order valence-electron chi connectivity index (χ2n) is 3.71. The van der Waals surface area contributed by atoms with Crippen molar-refractivity contribution in [2.75, 3.05) is 18.5 Å². The molecule has 0 atom stereocenters. The zero-order valence-electron chi connectivity index (χ0n) is 9.46. The van der Waals surface area contributed by atoms with Crippen molar-refractivity contribution < 1.29 is 15.1 Å². The fourth-order valence-corrected chi connectivity index (χ4v) is 1.37. The van der Waals surface area contributed by atoms with Gasteiger partial charge in [-0.15, -0.1) is 0 Å². The Morgan fingerprint density at radius 2 is 2.18 bits per heavy atom. The summed E-state index contributed by atoms with van der Waals surface area (Å²) in [5.41, 5.74) is -0.796. The van der Waals surface area contributed by atoms with Gasteiger partial charge in [0.05, 0.1) is 18.8 Å². The van der Waals surface area contributed by atoms with Crippen molar-refractivity contribution in [3.8, 4) is 0 Å². The summed E-state index contributed by atoms with van der Waals surface area (Å²) in [6.45, 7) is 1.11. The molecule has 7 heteroatoms. The van der Waals surface area contributed by atoms with Gasteiger partial charge in [0.15, 0.2) is 0 Å². The van der Waals surface area contributed by atoms with E-state index in [1.807, 2.05) is 0 Å². The monoisotopic (exact) mass is 241 g/mol. The first-order chi connectivity index (χ1) is 8.08. The molecule has 0 bridgehead atoms. The number of hydrogen-bond acceptors (Lipinski definition) is 6. The maximum atomic E-state index is 10.8. The van der Waals surface area contributed by atoms with Crippen molar-refractivity contribution in [2.45, 2.75) is 18.9 Å². The number of nitrogens with zero attached hydrogens (tertiary/aromatic N) is 2. The molecule has 1 rings (SSSR count). The minimum atomic E-state index is -0.978. The van der Waals surface area contributed by atoms with Gasteiger partial charge in [0.25, 0.3) is 0 Å². The largest absolute Gasteiger partial charge is 0.394 e. The van der Waals surface area contributed by atoms with Gasteiger partial charge in [0.2, 0.25) is 0 Å². The third kappa shape index (κ3) is 2.89. The number of rotatable bonds is 6. The van der Waals surface area contributed by atoms with Crippen LogP contribution in [-0.2, 0) is 0 Å². The third-order valence-corrected chi connectivity index (χ3v) is 2.64. The van der Waals surface area contributed by atoms with Gasteiger partial charge in [0, 0.05) is 0 Å². The molecule has 0 fully saturated rings. The Morgan fingerprint density at radius 3 is 2.65 bits per heavy atom. The van der Waals surface area contributed by atoms with E-state index in [2.05, 4.69) is 10.3 Å². The summed E-state index contributed by atoms with van der Waals surface area (Å²) in [4.78, 5) is 13.8. The third-order valence-electron chi connectivity index (χ3n) is 2.64. The normalized spacial score (nSPS) is 11.2. The molecule has 1 aromatic rings. The standard InChI is InChI=1S/C10H15N3O4/c1-2-10(6-14,7-15)12-8-4-3-5-11-9(8)13(16)17/h3-5,12,14-15H,2,6-7H2,1H3. The molecule has 0 aromatic carbocycles. The number of pyridine rings is 1. The van der Waals surface area contributed by atoms with E-state index in [9.17, 15) is 20.3 Å². The average molecular weight is 241 g/mol. The summed E-state index contributed by atoms with van der Waals surface area (Å²) < 4.78 is 0. The zero-order chi connectivity index (χ0) is 12.9. The molecule has 0 aliphatic rings. The smallest absolute Gasteiger partial charge is 0.386 e. The molecular formula is C10H15N3O4. The summed E-state index contributed by atoms with van der Waals surface area (Å²) in [6.07, 6.45) is 1.74. The number of hydrogen-bond donors (Lipinski definition) is 3. The van der Waals surface area contributed by atoms with Crippen LogP contribution in [0.4, 0.5) is 11.5 Å². The highest BCUT2D eigenvalue weighted by molar-refractivity contribution is 5.58. The molecule has 0 amide bonds. The Morgan fingerprint density at radius 1 is 1.53 bits per heavy atom. The van der Waals surface area contributed by atoms with Crippen LogP contribution in [0.5, 0.6) is 0 Å². The molecule has 0 spiro atoms. The lowest BCUT2D eigenvalue weighted by atomic mass is 9.98. The molecule has 0 aliphatic carbocycles. The van der Waals surface area contributed by atoms with Crippen molar-refractivity contribution in [3.05, 3.63) is 28.4 Å². The summed E-state index contributed by atoms with van der Waals surface area (Å²) in [5, 5.41) is 32.0. The Kier molecular flexibility index (Phi) is 4.36. The number of aromatic nitrogens is 1. The molecule has 94 valence electrons. The maximum Gasteiger partial charge on any atom is 0.386 e. The molecule has 0 unspecified atom stereocenters. The van der Waals surface area contributed by atoms with Crippen molar-refractivity contribution in [3.63, 3.8) is 0 Å². The quantitative estimate of drug-likeness (QED) is 0.495. The molecule has 0 saturated carbocycles. The number of aliphatic hydroxyl groups is 2. The van der Waals surface area contributed by atoms with Crippen LogP contribution >= 0.6 is 0 Å². The number of aliphatic hydroxyl groups excluding tert-OH is 2. The van der Waals surface area contributed by atoms with E-state index in [0.29, 0.717) is 6.42 Å². The SMILES string of the molecule is CCC(CO)(CO)Nc1cccnc1[N+](=O)[O-]. The predicted octanol–water partition coefficient (Wildman–Crippen LogP) is 0.535. The van der Waals surface area contributed by atoms with Crippen LogP contribution in [0.15, 0.2) is 18.3 Å². The van der Waals surface area contributed by atoms with Gasteiger partial charge in [-0.25, -0.2) is 0 Å². The molecule has 3 N–H and O–H groups in total. The molecular weight excluding hydrogens is 226 g/mol. The van der Waals surface area contributed by atoms with E-state index in [1.54, 1.807) is 13.0 Å². The molecule has 17 heavy (non-hydrogen) atoms. The molecule has 0 aliphatic heterocycles. The predicted molar refractivity (Wildman–Crippen MR) is 61.7 cm³/mol. The van der Waals surface area contributed by atoms with Crippen LogP contribution in [0.2, 0.25) is 0 Å². The highest BCUT2D eigenvalue weighted by Crippen LogP contribution is 2.25. The fraction of sp³-hybridized carbons (Fsp3) is 0.500. The summed E-state index contributed by atoms with van der Waals surface area (Å²) in [7, 11) is 0. The lowest BCUT2D eigenvalue weighted by Gasteiger charge is -2.30. The van der Waals surface area contributed by atoms with Gasteiger partial charge in [-0.1, -0.05) is 6.92 Å². The van der Waals surface area contributed by atoms with E-state index >= 15 is 0 Å². The lowest BCUT2D eigenvalue weighted by molar-refractivity contribution is -0.388. The van der Waals surface area contributed by atoms with Crippen molar-refractivity contribution in [2.24, 2.45) is 0 Å². The summed E-state index contributed by atoms with van der Waals surface area (Å²) in [5.74, 6) is -0.327. The van der Waals surface area contributed by atoms with Crippen molar-refractivity contribution >= 4 is 11.5 Å². The lowest BCUT2D eigenvalue weighted by Crippen LogP contribution is -2.45. The average Bonchev–Trinajstić information content (AvgIpc) is 2.36. The molecule has 1 aromatic heterocycles. The topological polar surface area (TPSA) is 109 Å². The van der Waals surface area contributed by atoms with Gasteiger partial charge >= 0.3 is 5.82 Å². The van der Waals surface area contributed by atoms with Gasteiger partial charge in [-0.05, 0) is 28.5 Å². The highest BCUT2D eigenvalue weighted by atomic mass is 16.6.